The Morgan fingerprint density at radius 3 is 2.80 bits per heavy atom. The lowest BCUT2D eigenvalue weighted by Gasteiger charge is -2.26. The normalized spacial score (nSPS) is 16.4. The van der Waals surface area contributed by atoms with Gasteiger partial charge in [-0.3, -0.25) is 4.90 Å². The highest BCUT2D eigenvalue weighted by atomic mass is 16.5. The number of piperidine rings is 1. The van der Waals surface area contributed by atoms with Crippen molar-refractivity contribution in [2.24, 2.45) is 0 Å². The van der Waals surface area contributed by atoms with Crippen LogP contribution in [0.1, 0.15) is 19.3 Å². The topological polar surface area (TPSA) is 51.4 Å². The van der Waals surface area contributed by atoms with Gasteiger partial charge in [0.25, 0.3) is 0 Å². The van der Waals surface area contributed by atoms with Gasteiger partial charge in [0.05, 0.1) is 5.52 Å². The largest absolute Gasteiger partial charge is 0.476 e. The van der Waals surface area contributed by atoms with E-state index in [0.29, 0.717) is 12.5 Å². The Kier molecular flexibility index (Phi) is 4.02. The van der Waals surface area contributed by atoms with E-state index in [-0.39, 0.29) is 0 Å². The molecule has 0 bridgehead atoms. The second kappa shape index (κ2) is 6.09. The van der Waals surface area contributed by atoms with Crippen molar-refractivity contribution in [3.63, 3.8) is 0 Å². The number of hydrogen-bond acceptors (Lipinski definition) is 4. The average Bonchev–Trinajstić information content (AvgIpc) is 2.48. The summed E-state index contributed by atoms with van der Waals surface area (Å²) in [6, 6.07) is 9.65. The van der Waals surface area contributed by atoms with Gasteiger partial charge in [-0.05, 0) is 50.2 Å². The van der Waals surface area contributed by atoms with Crippen molar-refractivity contribution in [2.45, 2.75) is 19.3 Å². The van der Waals surface area contributed by atoms with Crippen LogP contribution in [0, 0.1) is 0 Å². The van der Waals surface area contributed by atoms with Crippen molar-refractivity contribution in [1.82, 2.24) is 9.88 Å². The maximum atomic E-state index is 5.76. The van der Waals surface area contributed by atoms with E-state index in [1.165, 1.54) is 32.4 Å². The summed E-state index contributed by atoms with van der Waals surface area (Å²) in [4.78, 5) is 6.97. The van der Waals surface area contributed by atoms with Gasteiger partial charge in [-0.25, -0.2) is 4.98 Å². The van der Waals surface area contributed by atoms with E-state index in [9.17, 15) is 0 Å². The Balaban J connectivity index is 1.58. The molecule has 1 aliphatic rings. The number of likely N-dealkylation sites (tertiary alicyclic amines) is 1. The van der Waals surface area contributed by atoms with Gasteiger partial charge in [-0.15, -0.1) is 0 Å². The van der Waals surface area contributed by atoms with Gasteiger partial charge >= 0.3 is 0 Å². The molecule has 1 aromatic carbocycles. The molecule has 0 unspecified atom stereocenters. The molecule has 2 N–H and O–H groups in total. The molecule has 1 saturated heterocycles. The standard InChI is InChI=1S/C16H21N3O/c17-14-5-6-15-13(12-14)4-7-16(18-15)20-11-10-19-8-2-1-3-9-19/h4-7,12H,1-3,8-11,17H2. The van der Waals surface area contributed by atoms with Crippen molar-refractivity contribution >= 4 is 16.6 Å². The van der Waals surface area contributed by atoms with Gasteiger partial charge < -0.3 is 10.5 Å². The van der Waals surface area contributed by atoms with Gasteiger partial charge in [-0.2, -0.15) is 0 Å². The first kappa shape index (κ1) is 13.2. The van der Waals surface area contributed by atoms with Gasteiger partial charge in [0.1, 0.15) is 6.61 Å². The smallest absolute Gasteiger partial charge is 0.213 e. The van der Waals surface area contributed by atoms with Crippen LogP contribution in [0.5, 0.6) is 5.88 Å². The SMILES string of the molecule is Nc1ccc2nc(OCCN3CCCCC3)ccc2c1. The fraction of sp³-hybridized carbons (Fsp3) is 0.438. The van der Waals surface area contributed by atoms with Crippen LogP contribution in [0.2, 0.25) is 0 Å². The number of nitrogens with zero attached hydrogens (tertiary/aromatic N) is 2. The van der Waals surface area contributed by atoms with Crippen molar-refractivity contribution in [2.75, 3.05) is 32.0 Å². The van der Waals surface area contributed by atoms with Crippen LogP contribution in [0.25, 0.3) is 10.9 Å². The first-order valence-corrected chi connectivity index (χ1v) is 7.33. The summed E-state index contributed by atoms with van der Waals surface area (Å²) in [6.45, 7) is 4.09. The number of rotatable bonds is 4. The van der Waals surface area contributed by atoms with E-state index in [2.05, 4.69) is 9.88 Å². The molecular weight excluding hydrogens is 250 g/mol. The second-order valence-electron chi connectivity index (χ2n) is 5.35. The third-order valence-electron chi connectivity index (χ3n) is 3.79. The number of nitrogen functional groups attached to an aromatic ring is 1. The van der Waals surface area contributed by atoms with E-state index in [0.717, 1.165) is 23.1 Å². The molecule has 106 valence electrons. The summed E-state index contributed by atoms with van der Waals surface area (Å²) in [5.41, 5.74) is 7.45. The van der Waals surface area contributed by atoms with Gasteiger partial charge in [0.15, 0.2) is 0 Å². The summed E-state index contributed by atoms with van der Waals surface area (Å²) in [5, 5.41) is 1.05. The summed E-state index contributed by atoms with van der Waals surface area (Å²) in [5.74, 6) is 0.694. The zero-order valence-electron chi connectivity index (χ0n) is 11.7. The molecule has 0 amide bonds. The molecule has 0 aliphatic carbocycles. The Labute approximate surface area is 119 Å². The van der Waals surface area contributed by atoms with Gasteiger partial charge in [-0.1, -0.05) is 6.42 Å². The highest BCUT2D eigenvalue weighted by Gasteiger charge is 2.09. The molecule has 4 heteroatoms. The van der Waals surface area contributed by atoms with Crippen LogP contribution in [0.4, 0.5) is 5.69 Å². The van der Waals surface area contributed by atoms with Crippen molar-refractivity contribution in [3.05, 3.63) is 30.3 Å². The molecule has 1 fully saturated rings. The molecule has 3 rings (SSSR count). The van der Waals surface area contributed by atoms with E-state index < -0.39 is 0 Å². The summed E-state index contributed by atoms with van der Waals surface area (Å²) in [6.07, 6.45) is 4.00. The van der Waals surface area contributed by atoms with E-state index in [1.807, 2.05) is 30.3 Å². The molecule has 1 aliphatic heterocycles. The maximum Gasteiger partial charge on any atom is 0.213 e. The fourth-order valence-electron chi connectivity index (χ4n) is 2.67. The van der Waals surface area contributed by atoms with Crippen LogP contribution < -0.4 is 10.5 Å². The number of hydrogen-bond donors (Lipinski definition) is 1. The lowest BCUT2D eigenvalue weighted by Crippen LogP contribution is -2.33. The molecule has 0 atom stereocenters. The maximum absolute atomic E-state index is 5.76. The first-order chi connectivity index (χ1) is 9.81. The summed E-state index contributed by atoms with van der Waals surface area (Å²) >= 11 is 0. The molecule has 0 spiro atoms. The molecule has 2 heterocycles. The third-order valence-corrected chi connectivity index (χ3v) is 3.79. The number of ether oxygens (including phenoxy) is 1. The van der Waals surface area contributed by atoms with E-state index in [1.54, 1.807) is 0 Å². The Morgan fingerprint density at radius 1 is 1.10 bits per heavy atom. The molecule has 0 radical (unpaired) electrons. The van der Waals surface area contributed by atoms with Gasteiger partial charge in [0, 0.05) is 23.7 Å². The zero-order chi connectivity index (χ0) is 13.8. The quantitative estimate of drug-likeness (QED) is 0.869. The number of anilines is 1. The highest BCUT2D eigenvalue weighted by molar-refractivity contribution is 5.82. The minimum Gasteiger partial charge on any atom is -0.476 e. The molecule has 1 aromatic heterocycles. The highest BCUT2D eigenvalue weighted by Crippen LogP contribution is 2.19. The van der Waals surface area contributed by atoms with Crippen LogP contribution in [-0.4, -0.2) is 36.1 Å². The Morgan fingerprint density at radius 2 is 1.95 bits per heavy atom. The van der Waals surface area contributed by atoms with Crippen LogP contribution in [-0.2, 0) is 0 Å². The van der Waals surface area contributed by atoms with Crippen molar-refractivity contribution < 1.29 is 4.74 Å². The number of pyridine rings is 1. The lowest BCUT2D eigenvalue weighted by atomic mass is 10.1. The number of benzene rings is 1. The van der Waals surface area contributed by atoms with Crippen LogP contribution >= 0.6 is 0 Å². The number of aromatic nitrogens is 1. The number of fused-ring (bicyclic) bond motifs is 1. The molecule has 20 heavy (non-hydrogen) atoms. The monoisotopic (exact) mass is 271 g/mol. The Hall–Kier alpha value is -1.81. The minimum atomic E-state index is 0.694. The first-order valence-electron chi connectivity index (χ1n) is 7.33. The van der Waals surface area contributed by atoms with E-state index in [4.69, 9.17) is 10.5 Å². The van der Waals surface area contributed by atoms with E-state index >= 15 is 0 Å². The Bertz CT molecular complexity index is 579. The average molecular weight is 271 g/mol. The lowest BCUT2D eigenvalue weighted by molar-refractivity contribution is 0.181. The molecular formula is C16H21N3O. The summed E-state index contributed by atoms with van der Waals surface area (Å²) in [7, 11) is 0. The predicted molar refractivity (Wildman–Crippen MR) is 81.9 cm³/mol. The zero-order valence-corrected chi connectivity index (χ0v) is 11.7. The second-order valence-corrected chi connectivity index (χ2v) is 5.35. The van der Waals surface area contributed by atoms with Crippen molar-refractivity contribution in [3.8, 4) is 5.88 Å². The molecule has 2 aromatic rings. The predicted octanol–water partition coefficient (Wildman–Crippen LogP) is 2.68. The molecule has 0 saturated carbocycles. The minimum absolute atomic E-state index is 0.694. The fourth-order valence-corrected chi connectivity index (χ4v) is 2.67. The molecule has 4 nitrogen and oxygen atoms in total. The number of nitrogens with two attached hydrogens (primary N) is 1. The van der Waals surface area contributed by atoms with Crippen molar-refractivity contribution in [1.29, 1.82) is 0 Å². The third kappa shape index (κ3) is 3.20. The van der Waals surface area contributed by atoms with Crippen LogP contribution in [0.15, 0.2) is 30.3 Å². The summed E-state index contributed by atoms with van der Waals surface area (Å²) < 4.78 is 5.76. The van der Waals surface area contributed by atoms with Gasteiger partial charge in [0.2, 0.25) is 5.88 Å². The van der Waals surface area contributed by atoms with Crippen LogP contribution in [0.3, 0.4) is 0 Å².